The number of rotatable bonds is 7. The summed E-state index contributed by atoms with van der Waals surface area (Å²) in [5, 5.41) is 11.0. The second-order valence-electron chi connectivity index (χ2n) is 10.4. The molecule has 2 aromatic carbocycles. The van der Waals surface area contributed by atoms with Crippen LogP contribution in [0.1, 0.15) is 53.9 Å². The SMILES string of the molecule is O=C(O)c1ccc2c(C3CCCCC3)c(-c3ccc(-c4ccc(Cl)s4)cc3)n(CCN3CCOCC3)c2c1. The van der Waals surface area contributed by atoms with Gasteiger partial charge in [0.15, 0.2) is 0 Å². The Hall–Kier alpha value is -2.64. The third-order valence-corrected chi connectivity index (χ3v) is 9.40. The Bertz CT molecular complexity index is 1430. The van der Waals surface area contributed by atoms with Gasteiger partial charge in [0.1, 0.15) is 0 Å². The van der Waals surface area contributed by atoms with Gasteiger partial charge in [-0.15, -0.1) is 11.3 Å². The Morgan fingerprint density at radius 1 is 0.947 bits per heavy atom. The van der Waals surface area contributed by atoms with Crippen LogP contribution in [0.25, 0.3) is 32.6 Å². The third kappa shape index (κ3) is 5.15. The third-order valence-electron chi connectivity index (χ3n) is 8.12. The maximum absolute atomic E-state index is 12.0. The number of thiophene rings is 1. The summed E-state index contributed by atoms with van der Waals surface area (Å²) in [7, 11) is 0. The maximum Gasteiger partial charge on any atom is 0.335 e. The molecular formula is C31H33ClN2O3S. The van der Waals surface area contributed by atoms with Crippen molar-refractivity contribution in [1.29, 1.82) is 0 Å². The number of halogens is 1. The van der Waals surface area contributed by atoms with Crippen molar-refractivity contribution in [3.8, 4) is 21.7 Å². The minimum atomic E-state index is -0.882. The molecule has 2 aromatic heterocycles. The quantitative estimate of drug-likeness (QED) is 0.256. The van der Waals surface area contributed by atoms with E-state index in [1.807, 2.05) is 12.1 Å². The molecule has 0 spiro atoms. The Morgan fingerprint density at radius 3 is 2.37 bits per heavy atom. The summed E-state index contributed by atoms with van der Waals surface area (Å²) >= 11 is 7.80. The van der Waals surface area contributed by atoms with Gasteiger partial charge in [-0.2, -0.15) is 0 Å². The first-order valence-corrected chi connectivity index (χ1v) is 14.8. The predicted octanol–water partition coefficient (Wildman–Crippen LogP) is 7.77. The first-order valence-electron chi connectivity index (χ1n) is 13.6. The fraction of sp³-hybridized carbons (Fsp3) is 0.387. The molecule has 0 radical (unpaired) electrons. The highest BCUT2D eigenvalue weighted by Gasteiger charge is 2.27. The largest absolute Gasteiger partial charge is 0.478 e. The number of nitrogens with zero attached hydrogens (tertiary/aromatic N) is 2. The zero-order valence-electron chi connectivity index (χ0n) is 21.5. The van der Waals surface area contributed by atoms with Crippen LogP contribution in [0.3, 0.4) is 0 Å². The van der Waals surface area contributed by atoms with Crippen molar-refractivity contribution in [3.05, 3.63) is 70.1 Å². The number of aromatic carboxylic acids is 1. The van der Waals surface area contributed by atoms with Crippen LogP contribution in [-0.4, -0.2) is 53.4 Å². The Morgan fingerprint density at radius 2 is 1.68 bits per heavy atom. The topological polar surface area (TPSA) is 54.7 Å². The smallest absolute Gasteiger partial charge is 0.335 e. The van der Waals surface area contributed by atoms with E-state index in [0.29, 0.717) is 11.5 Å². The zero-order chi connectivity index (χ0) is 26.1. The van der Waals surface area contributed by atoms with Gasteiger partial charge in [0, 0.05) is 42.0 Å². The van der Waals surface area contributed by atoms with Gasteiger partial charge in [-0.1, -0.05) is 61.2 Å². The van der Waals surface area contributed by atoms with Crippen LogP contribution >= 0.6 is 22.9 Å². The standard InChI is InChI=1S/C31H33ClN2O3S/c32-28-13-12-27(38-28)21-6-8-23(9-7-21)30-29(22-4-2-1-3-5-22)25-11-10-24(31(35)36)20-26(25)34(30)15-14-33-16-18-37-19-17-33/h6-13,20,22H,1-5,14-19H2,(H,35,36). The molecule has 4 aromatic rings. The van der Waals surface area contributed by atoms with Gasteiger partial charge in [0.05, 0.1) is 28.8 Å². The summed E-state index contributed by atoms with van der Waals surface area (Å²) in [5.74, 6) is -0.398. The number of carbonyl (C=O) groups is 1. The lowest BCUT2D eigenvalue weighted by atomic mass is 9.81. The van der Waals surface area contributed by atoms with E-state index in [1.165, 1.54) is 54.3 Å². The van der Waals surface area contributed by atoms with E-state index >= 15 is 0 Å². The van der Waals surface area contributed by atoms with Crippen molar-refractivity contribution in [2.45, 2.75) is 44.6 Å². The molecule has 2 fully saturated rings. The van der Waals surface area contributed by atoms with Gasteiger partial charge in [-0.3, -0.25) is 4.90 Å². The lowest BCUT2D eigenvalue weighted by molar-refractivity contribution is 0.0366. The second-order valence-corrected chi connectivity index (χ2v) is 12.1. The first kappa shape index (κ1) is 25.6. The molecule has 1 N–H and O–H groups in total. The van der Waals surface area contributed by atoms with Crippen LogP contribution in [0.4, 0.5) is 0 Å². The highest BCUT2D eigenvalue weighted by molar-refractivity contribution is 7.19. The summed E-state index contributed by atoms with van der Waals surface area (Å²) in [6, 6.07) is 18.6. The van der Waals surface area contributed by atoms with E-state index in [0.717, 1.165) is 59.7 Å². The van der Waals surface area contributed by atoms with Gasteiger partial charge < -0.3 is 14.4 Å². The van der Waals surface area contributed by atoms with Crippen molar-refractivity contribution >= 4 is 39.8 Å². The van der Waals surface area contributed by atoms with Gasteiger partial charge in [0.25, 0.3) is 0 Å². The lowest BCUT2D eigenvalue weighted by Crippen LogP contribution is -2.38. The molecule has 1 saturated carbocycles. The van der Waals surface area contributed by atoms with E-state index in [1.54, 1.807) is 17.4 Å². The van der Waals surface area contributed by atoms with E-state index in [4.69, 9.17) is 16.3 Å². The molecule has 7 heteroatoms. The molecule has 0 unspecified atom stereocenters. The van der Waals surface area contributed by atoms with Crippen LogP contribution in [0.5, 0.6) is 0 Å². The summed E-state index contributed by atoms with van der Waals surface area (Å²) in [6.07, 6.45) is 6.15. The molecule has 6 rings (SSSR count). The number of fused-ring (bicyclic) bond motifs is 1. The van der Waals surface area contributed by atoms with Crippen LogP contribution in [0.15, 0.2) is 54.6 Å². The van der Waals surface area contributed by atoms with Crippen molar-refractivity contribution in [3.63, 3.8) is 0 Å². The molecule has 2 aliphatic rings. The molecule has 5 nitrogen and oxygen atoms in total. The fourth-order valence-electron chi connectivity index (χ4n) is 6.19. The minimum absolute atomic E-state index is 0.342. The lowest BCUT2D eigenvalue weighted by Gasteiger charge is -2.27. The average Bonchev–Trinajstić information content (AvgIpc) is 3.53. The van der Waals surface area contributed by atoms with E-state index in [2.05, 4.69) is 45.9 Å². The van der Waals surface area contributed by atoms with Crippen molar-refractivity contribution in [2.24, 2.45) is 0 Å². The molecule has 1 aliphatic heterocycles. The Kier molecular flexibility index (Phi) is 7.57. The molecule has 0 bridgehead atoms. The molecule has 0 atom stereocenters. The number of hydrogen-bond donors (Lipinski definition) is 1. The molecule has 198 valence electrons. The Balaban J connectivity index is 1.50. The summed E-state index contributed by atoms with van der Waals surface area (Å²) in [4.78, 5) is 15.6. The fourth-order valence-corrected chi connectivity index (χ4v) is 7.23. The molecule has 1 aliphatic carbocycles. The van der Waals surface area contributed by atoms with E-state index < -0.39 is 5.97 Å². The predicted molar refractivity (Wildman–Crippen MR) is 156 cm³/mol. The van der Waals surface area contributed by atoms with Gasteiger partial charge in [-0.05, 0) is 59.7 Å². The first-order chi connectivity index (χ1) is 18.6. The number of carboxylic acid groups (broad SMARTS) is 1. The molecule has 3 heterocycles. The number of morpholine rings is 1. The molecule has 38 heavy (non-hydrogen) atoms. The van der Waals surface area contributed by atoms with Crippen LogP contribution in [-0.2, 0) is 11.3 Å². The van der Waals surface area contributed by atoms with Crippen molar-refractivity contribution in [1.82, 2.24) is 9.47 Å². The van der Waals surface area contributed by atoms with Gasteiger partial charge in [0.2, 0.25) is 0 Å². The van der Waals surface area contributed by atoms with Crippen LogP contribution in [0.2, 0.25) is 4.34 Å². The number of carboxylic acids is 1. The normalized spacial score (nSPS) is 17.3. The number of aromatic nitrogens is 1. The van der Waals surface area contributed by atoms with Crippen molar-refractivity contribution < 1.29 is 14.6 Å². The average molecular weight is 549 g/mol. The van der Waals surface area contributed by atoms with Crippen LogP contribution in [0, 0.1) is 0 Å². The molecular weight excluding hydrogens is 516 g/mol. The minimum Gasteiger partial charge on any atom is -0.478 e. The summed E-state index contributed by atoms with van der Waals surface area (Å²) in [6.45, 7) is 5.12. The highest BCUT2D eigenvalue weighted by atomic mass is 35.5. The number of benzene rings is 2. The zero-order valence-corrected chi connectivity index (χ0v) is 23.1. The van der Waals surface area contributed by atoms with E-state index in [9.17, 15) is 9.90 Å². The van der Waals surface area contributed by atoms with Gasteiger partial charge in [-0.25, -0.2) is 4.79 Å². The highest BCUT2D eigenvalue weighted by Crippen LogP contribution is 2.45. The number of ether oxygens (including phenoxy) is 1. The Labute approximate surface area is 232 Å². The summed E-state index contributed by atoms with van der Waals surface area (Å²) in [5.41, 5.74) is 6.36. The summed E-state index contributed by atoms with van der Waals surface area (Å²) < 4.78 is 8.76. The maximum atomic E-state index is 12.0. The van der Waals surface area contributed by atoms with E-state index in [-0.39, 0.29) is 0 Å². The molecule has 1 saturated heterocycles. The molecule has 0 amide bonds. The number of hydrogen-bond acceptors (Lipinski definition) is 4. The monoisotopic (exact) mass is 548 g/mol. The van der Waals surface area contributed by atoms with Crippen LogP contribution < -0.4 is 0 Å². The van der Waals surface area contributed by atoms with Gasteiger partial charge >= 0.3 is 5.97 Å². The second kappa shape index (κ2) is 11.2. The van der Waals surface area contributed by atoms with Crippen molar-refractivity contribution in [2.75, 3.05) is 32.8 Å².